The highest BCUT2D eigenvalue weighted by atomic mass is 35.5. The van der Waals surface area contributed by atoms with Gasteiger partial charge in [-0.25, -0.2) is 4.98 Å². The summed E-state index contributed by atoms with van der Waals surface area (Å²) in [6.45, 7) is 1.89. The van der Waals surface area contributed by atoms with Crippen molar-refractivity contribution >= 4 is 29.0 Å². The Kier molecular flexibility index (Phi) is 5.77. The molecule has 0 aliphatic heterocycles. The summed E-state index contributed by atoms with van der Waals surface area (Å²) in [6.07, 6.45) is 2.75. The van der Waals surface area contributed by atoms with Gasteiger partial charge in [0, 0.05) is 12.4 Å². The molecule has 2 N–H and O–H groups in total. The van der Waals surface area contributed by atoms with Crippen LogP contribution in [-0.4, -0.2) is 18.0 Å². The Balaban J connectivity index is 2.14. The van der Waals surface area contributed by atoms with Gasteiger partial charge in [-0.3, -0.25) is 4.79 Å². The van der Waals surface area contributed by atoms with Crippen molar-refractivity contribution in [2.75, 3.05) is 17.7 Å². The van der Waals surface area contributed by atoms with Gasteiger partial charge in [0.2, 0.25) is 0 Å². The fourth-order valence-electron chi connectivity index (χ4n) is 1.87. The summed E-state index contributed by atoms with van der Waals surface area (Å²) in [5.74, 6) is 0.425. The molecule has 24 heavy (non-hydrogen) atoms. The number of nitrogens with zero attached hydrogens (tertiary/aromatic N) is 2. The van der Waals surface area contributed by atoms with Crippen LogP contribution in [0.5, 0.6) is 5.75 Å². The molecule has 1 aromatic heterocycles. The summed E-state index contributed by atoms with van der Waals surface area (Å²) in [6, 6.07) is 10.5. The number of amides is 1. The van der Waals surface area contributed by atoms with Crippen molar-refractivity contribution in [3.05, 3.63) is 58.9 Å². The van der Waals surface area contributed by atoms with Gasteiger partial charge in [0.1, 0.15) is 23.2 Å². The zero-order valence-corrected chi connectivity index (χ0v) is 13.9. The quantitative estimate of drug-likeness (QED) is 0.641. The Morgan fingerprint density at radius 2 is 2.17 bits per heavy atom. The largest absolute Gasteiger partial charge is 0.495 e. The number of carbonyl (C=O) groups excluding carboxylic acids is 1. The van der Waals surface area contributed by atoms with E-state index in [1.165, 1.54) is 19.5 Å². The van der Waals surface area contributed by atoms with Crippen LogP contribution < -0.4 is 15.4 Å². The number of benzene rings is 1. The second kappa shape index (κ2) is 7.99. The third-order valence-electron chi connectivity index (χ3n) is 3.06. The van der Waals surface area contributed by atoms with Gasteiger partial charge in [-0.05, 0) is 36.8 Å². The van der Waals surface area contributed by atoms with Crippen molar-refractivity contribution < 1.29 is 9.53 Å². The lowest BCUT2D eigenvalue weighted by Crippen LogP contribution is -2.15. The molecule has 6 nitrogen and oxygen atoms in total. The molecule has 0 atom stereocenters. The second-order valence-electron chi connectivity index (χ2n) is 4.83. The van der Waals surface area contributed by atoms with E-state index >= 15 is 0 Å². The number of nitrogens with one attached hydrogen (secondary N) is 2. The summed E-state index contributed by atoms with van der Waals surface area (Å²) < 4.78 is 5.20. The minimum Gasteiger partial charge on any atom is -0.495 e. The number of carbonyl (C=O) groups is 1. The van der Waals surface area contributed by atoms with Gasteiger partial charge < -0.3 is 15.4 Å². The molecular formula is C17H15ClN4O2. The molecule has 0 saturated carbocycles. The number of hydrogen-bond donors (Lipinski definition) is 2. The van der Waals surface area contributed by atoms with Crippen molar-refractivity contribution in [2.24, 2.45) is 0 Å². The highest BCUT2D eigenvalue weighted by Crippen LogP contribution is 2.25. The highest BCUT2D eigenvalue weighted by molar-refractivity contribution is 6.30. The first-order chi connectivity index (χ1) is 11.5. The maximum Gasteiger partial charge on any atom is 0.267 e. The molecule has 0 saturated heterocycles. The Morgan fingerprint density at radius 1 is 1.38 bits per heavy atom. The number of hydrogen-bond acceptors (Lipinski definition) is 5. The molecule has 2 aromatic rings. The second-order valence-corrected chi connectivity index (χ2v) is 5.27. The molecule has 1 amide bonds. The lowest BCUT2D eigenvalue weighted by atomic mass is 10.2. The third-order valence-corrected chi connectivity index (χ3v) is 3.28. The monoisotopic (exact) mass is 342 g/mol. The van der Waals surface area contributed by atoms with Crippen LogP contribution in [0.25, 0.3) is 0 Å². The third kappa shape index (κ3) is 4.48. The predicted octanol–water partition coefficient (Wildman–Crippen LogP) is 3.51. The van der Waals surface area contributed by atoms with Crippen LogP contribution in [0.4, 0.5) is 11.5 Å². The lowest BCUT2D eigenvalue weighted by Gasteiger charge is -2.10. The van der Waals surface area contributed by atoms with Crippen molar-refractivity contribution in [2.45, 2.75) is 6.92 Å². The van der Waals surface area contributed by atoms with Gasteiger partial charge >= 0.3 is 0 Å². The van der Waals surface area contributed by atoms with Crippen LogP contribution in [0.3, 0.4) is 0 Å². The Morgan fingerprint density at radius 3 is 2.79 bits per heavy atom. The fourth-order valence-corrected chi connectivity index (χ4v) is 1.98. The van der Waals surface area contributed by atoms with Crippen LogP contribution in [-0.2, 0) is 4.79 Å². The Hall–Kier alpha value is -3.04. The first-order valence-electron chi connectivity index (χ1n) is 6.98. The molecule has 7 heteroatoms. The normalized spacial score (nSPS) is 10.7. The highest BCUT2D eigenvalue weighted by Gasteiger charge is 2.12. The average Bonchev–Trinajstić information content (AvgIpc) is 2.57. The Labute approximate surface area is 144 Å². The fraction of sp³-hybridized carbons (Fsp3) is 0.118. The average molecular weight is 343 g/mol. The molecule has 0 bridgehead atoms. The summed E-state index contributed by atoms with van der Waals surface area (Å²) >= 11 is 5.75. The lowest BCUT2D eigenvalue weighted by molar-refractivity contribution is -0.112. The SMILES string of the molecule is COc1ccc(C)cc1NC(=O)/C(C#N)=C\Nc1ccc(Cl)cn1. The zero-order valence-electron chi connectivity index (χ0n) is 13.1. The summed E-state index contributed by atoms with van der Waals surface area (Å²) in [4.78, 5) is 16.3. The number of aromatic nitrogens is 1. The van der Waals surface area contributed by atoms with E-state index in [4.69, 9.17) is 16.3 Å². The standard InChI is InChI=1S/C17H15ClN4O2/c1-11-3-5-15(24-2)14(7-11)22-17(23)12(8-19)9-20-16-6-4-13(18)10-21-16/h3-7,9-10H,1-2H3,(H,20,21)(H,22,23)/b12-9-. The van der Waals surface area contributed by atoms with E-state index in [1.54, 1.807) is 24.3 Å². The van der Waals surface area contributed by atoms with Crippen LogP contribution in [0.1, 0.15) is 5.56 Å². The number of pyridine rings is 1. The van der Waals surface area contributed by atoms with E-state index in [0.717, 1.165) is 5.56 Å². The summed E-state index contributed by atoms with van der Waals surface area (Å²) in [5, 5.41) is 15.1. The van der Waals surface area contributed by atoms with Crippen molar-refractivity contribution in [1.82, 2.24) is 4.98 Å². The minimum atomic E-state index is -0.553. The molecule has 0 spiro atoms. The van der Waals surface area contributed by atoms with Crippen LogP contribution in [0.2, 0.25) is 5.02 Å². The number of ether oxygens (including phenoxy) is 1. The molecule has 0 aliphatic rings. The molecule has 1 aromatic carbocycles. The number of nitriles is 1. The van der Waals surface area contributed by atoms with E-state index in [2.05, 4.69) is 15.6 Å². The van der Waals surface area contributed by atoms with Gasteiger partial charge in [0.05, 0.1) is 17.8 Å². The number of halogens is 1. The van der Waals surface area contributed by atoms with Gasteiger partial charge in [-0.1, -0.05) is 17.7 Å². The van der Waals surface area contributed by atoms with E-state index in [0.29, 0.717) is 22.3 Å². The molecule has 1 heterocycles. The van der Waals surface area contributed by atoms with Crippen LogP contribution >= 0.6 is 11.6 Å². The smallest absolute Gasteiger partial charge is 0.267 e. The van der Waals surface area contributed by atoms with Crippen molar-refractivity contribution in [1.29, 1.82) is 5.26 Å². The molecule has 122 valence electrons. The number of anilines is 2. The van der Waals surface area contributed by atoms with Gasteiger partial charge in [-0.15, -0.1) is 0 Å². The first kappa shape index (κ1) is 17.3. The van der Waals surface area contributed by atoms with Crippen molar-refractivity contribution in [3.8, 4) is 11.8 Å². The molecule has 0 unspecified atom stereocenters. The molecule has 0 radical (unpaired) electrons. The molecule has 0 fully saturated rings. The summed E-state index contributed by atoms with van der Waals surface area (Å²) in [5.41, 5.74) is 1.35. The number of methoxy groups -OCH3 is 1. The van der Waals surface area contributed by atoms with E-state index < -0.39 is 5.91 Å². The number of rotatable bonds is 5. The predicted molar refractivity (Wildman–Crippen MR) is 92.9 cm³/mol. The maximum absolute atomic E-state index is 12.3. The zero-order chi connectivity index (χ0) is 17.5. The minimum absolute atomic E-state index is 0.102. The topological polar surface area (TPSA) is 87.0 Å². The molecule has 2 rings (SSSR count). The van der Waals surface area contributed by atoms with E-state index in [-0.39, 0.29) is 5.57 Å². The molecular weight excluding hydrogens is 328 g/mol. The van der Waals surface area contributed by atoms with Gasteiger partial charge in [-0.2, -0.15) is 5.26 Å². The molecule has 0 aliphatic carbocycles. The van der Waals surface area contributed by atoms with E-state index in [1.807, 2.05) is 19.1 Å². The number of aryl methyl sites for hydroxylation is 1. The van der Waals surface area contributed by atoms with E-state index in [9.17, 15) is 10.1 Å². The summed E-state index contributed by atoms with van der Waals surface area (Å²) in [7, 11) is 1.51. The Bertz CT molecular complexity index is 810. The van der Waals surface area contributed by atoms with Crippen LogP contribution in [0.15, 0.2) is 48.3 Å². The van der Waals surface area contributed by atoms with Gasteiger partial charge in [0.15, 0.2) is 0 Å². The van der Waals surface area contributed by atoms with Crippen molar-refractivity contribution in [3.63, 3.8) is 0 Å². The maximum atomic E-state index is 12.3. The first-order valence-corrected chi connectivity index (χ1v) is 7.35. The van der Waals surface area contributed by atoms with Crippen LogP contribution in [0, 0.1) is 18.3 Å². The van der Waals surface area contributed by atoms with Gasteiger partial charge in [0.25, 0.3) is 5.91 Å².